The van der Waals surface area contributed by atoms with Gasteiger partial charge in [0.25, 0.3) is 0 Å². The summed E-state index contributed by atoms with van der Waals surface area (Å²) >= 11 is 3.63. The number of nitrogens with zero attached hydrogens (tertiary/aromatic N) is 2. The molecule has 0 aliphatic carbocycles. The Labute approximate surface area is 311 Å². The molecule has 10 nitrogen and oxygen atoms in total. The number of cyclic esters (lactones) is 1. The van der Waals surface area contributed by atoms with Crippen LogP contribution in [0.5, 0.6) is 0 Å². The molecule has 3 aromatic rings. The zero-order valence-electron chi connectivity index (χ0n) is 28.8. The van der Waals surface area contributed by atoms with Crippen LogP contribution in [0, 0.1) is 11.8 Å². The molecule has 5 bridgehead atoms. The summed E-state index contributed by atoms with van der Waals surface area (Å²) in [6.45, 7) is 1.81. The molecule has 0 radical (unpaired) electrons. The fourth-order valence-electron chi connectivity index (χ4n) is 8.19. The maximum absolute atomic E-state index is 15.2. The number of aliphatic hydroxyl groups excluding tert-OH is 1. The number of amides is 3. The summed E-state index contributed by atoms with van der Waals surface area (Å²) in [5.74, 6) is -3.91. The van der Waals surface area contributed by atoms with Gasteiger partial charge in [0.05, 0.1) is 24.6 Å². The van der Waals surface area contributed by atoms with Gasteiger partial charge in [0.1, 0.15) is 29.8 Å². The van der Waals surface area contributed by atoms with Gasteiger partial charge in [-0.3, -0.25) is 19.2 Å². The first-order valence-corrected chi connectivity index (χ1v) is 18.6. The number of benzene rings is 3. The number of halogens is 1. The quantitative estimate of drug-likeness (QED) is 0.266. The maximum atomic E-state index is 15.2. The molecule has 2 N–H and O–H groups in total. The molecular weight excluding hydrogens is 726 g/mol. The van der Waals surface area contributed by atoms with Crippen LogP contribution < -0.4 is 5.32 Å². The molecule has 3 amide bonds. The highest BCUT2D eigenvalue weighted by Gasteiger charge is 2.75. The minimum atomic E-state index is -1.51. The van der Waals surface area contributed by atoms with Crippen LogP contribution in [-0.2, 0) is 41.6 Å². The van der Waals surface area contributed by atoms with Crippen molar-refractivity contribution in [2.45, 2.75) is 68.7 Å². The molecule has 2 saturated heterocycles. The second-order valence-electron chi connectivity index (χ2n) is 13.9. The highest BCUT2D eigenvalue weighted by atomic mass is 79.9. The Morgan fingerprint density at radius 1 is 0.885 bits per heavy atom. The zero-order valence-corrected chi connectivity index (χ0v) is 30.4. The van der Waals surface area contributed by atoms with E-state index in [2.05, 4.69) is 21.2 Å². The highest BCUT2D eigenvalue weighted by Crippen LogP contribution is 2.59. The predicted molar refractivity (Wildman–Crippen MR) is 196 cm³/mol. The summed E-state index contributed by atoms with van der Waals surface area (Å²) < 4.78 is 13.5. The van der Waals surface area contributed by atoms with Gasteiger partial charge in [-0.2, -0.15) is 0 Å². The van der Waals surface area contributed by atoms with Crippen molar-refractivity contribution in [3.63, 3.8) is 0 Å². The van der Waals surface area contributed by atoms with Crippen LogP contribution in [0.25, 0.3) is 0 Å². The molecule has 0 aromatic heterocycles. The predicted octanol–water partition coefficient (Wildman–Crippen LogP) is 4.63. The molecule has 8 atom stereocenters. The molecule has 4 heterocycles. The Morgan fingerprint density at radius 2 is 1.54 bits per heavy atom. The molecule has 0 saturated carbocycles. The first kappa shape index (κ1) is 35.8. The van der Waals surface area contributed by atoms with Gasteiger partial charge in [0.2, 0.25) is 17.7 Å². The van der Waals surface area contributed by atoms with Crippen LogP contribution in [0.1, 0.15) is 42.6 Å². The molecule has 11 heteroatoms. The third-order valence-corrected chi connectivity index (χ3v) is 11.2. The fraction of sp³-hybridized carbons (Fsp3) is 0.366. The molecule has 7 rings (SSSR count). The van der Waals surface area contributed by atoms with Crippen LogP contribution in [-0.4, -0.2) is 81.6 Å². The zero-order chi connectivity index (χ0) is 36.4. The maximum Gasteiger partial charge on any atom is 0.313 e. The van der Waals surface area contributed by atoms with E-state index in [0.29, 0.717) is 16.5 Å². The van der Waals surface area contributed by atoms with Gasteiger partial charge in [-0.05, 0) is 42.5 Å². The number of nitrogens with one attached hydrogen (secondary N) is 1. The van der Waals surface area contributed by atoms with Crippen molar-refractivity contribution in [1.82, 2.24) is 15.1 Å². The second kappa shape index (κ2) is 15.2. The average Bonchev–Trinajstić information content (AvgIpc) is 3.75. The molecular formula is C41H42BrN3O7. The number of allylic oxidation sites excluding steroid dienone is 1. The molecule has 4 aliphatic rings. The Bertz CT molecular complexity index is 1860. The van der Waals surface area contributed by atoms with Crippen LogP contribution in [0.3, 0.4) is 0 Å². The lowest BCUT2D eigenvalue weighted by molar-refractivity contribution is -0.162. The summed E-state index contributed by atoms with van der Waals surface area (Å²) in [6.07, 6.45) is 4.67. The lowest BCUT2D eigenvalue weighted by Gasteiger charge is -2.39. The molecule has 1 spiro atoms. The van der Waals surface area contributed by atoms with E-state index in [1.165, 1.54) is 4.90 Å². The Kier molecular flexibility index (Phi) is 10.5. The van der Waals surface area contributed by atoms with Crippen molar-refractivity contribution in [1.29, 1.82) is 0 Å². The Morgan fingerprint density at radius 3 is 2.21 bits per heavy atom. The minimum Gasteiger partial charge on any atom is -0.455 e. The normalized spacial score (nSPS) is 30.4. The summed E-state index contributed by atoms with van der Waals surface area (Å²) in [6, 6.07) is 25.6. The number of rotatable bonds is 7. The van der Waals surface area contributed by atoms with E-state index in [1.54, 1.807) is 17.9 Å². The van der Waals surface area contributed by atoms with E-state index in [9.17, 15) is 19.5 Å². The number of esters is 1. The molecule has 2 fully saturated rings. The van der Waals surface area contributed by atoms with Crippen molar-refractivity contribution < 1.29 is 33.8 Å². The van der Waals surface area contributed by atoms with Gasteiger partial charge >= 0.3 is 5.97 Å². The first-order chi connectivity index (χ1) is 25.2. The van der Waals surface area contributed by atoms with Gasteiger partial charge in [-0.15, -0.1) is 0 Å². The van der Waals surface area contributed by atoms with Crippen LogP contribution in [0.15, 0.2) is 114 Å². The van der Waals surface area contributed by atoms with Crippen molar-refractivity contribution in [2.24, 2.45) is 11.8 Å². The van der Waals surface area contributed by atoms with E-state index >= 15 is 4.79 Å². The lowest BCUT2D eigenvalue weighted by Crippen LogP contribution is -2.58. The summed E-state index contributed by atoms with van der Waals surface area (Å²) in [5, 5.41) is 13.9. The summed E-state index contributed by atoms with van der Waals surface area (Å²) in [7, 11) is 0. The van der Waals surface area contributed by atoms with Gasteiger partial charge in [0, 0.05) is 24.0 Å². The third kappa shape index (κ3) is 6.73. The number of ether oxygens (including phenoxy) is 2. The van der Waals surface area contributed by atoms with Gasteiger partial charge in [-0.25, -0.2) is 0 Å². The van der Waals surface area contributed by atoms with Crippen LogP contribution in [0.2, 0.25) is 0 Å². The van der Waals surface area contributed by atoms with E-state index in [0.717, 1.165) is 11.1 Å². The number of carbonyl (C=O) groups is 4. The van der Waals surface area contributed by atoms with E-state index in [4.69, 9.17) is 9.47 Å². The molecule has 3 aromatic carbocycles. The van der Waals surface area contributed by atoms with E-state index in [1.807, 2.05) is 103 Å². The van der Waals surface area contributed by atoms with E-state index in [-0.39, 0.29) is 37.7 Å². The Balaban J connectivity index is 1.35. The Hall–Kier alpha value is -4.58. The SMILES string of the molecule is C[C@@H]1NC(=O)CC/C=C\CN(Cc2ccccc2)C(=O)[C@H]2N([C@@H](CO)Cc3ccccc3)C(=O)[C@@H]3[C@@H](C(=O)O[C@H]1c1ccccc1)[C@@H]1O[C@@]32C=C1Br. The summed E-state index contributed by atoms with van der Waals surface area (Å²) in [4.78, 5) is 60.9. The smallest absolute Gasteiger partial charge is 0.313 e. The minimum absolute atomic E-state index is 0.198. The van der Waals surface area contributed by atoms with Crippen LogP contribution >= 0.6 is 15.9 Å². The molecule has 0 unspecified atom stereocenters. The van der Waals surface area contributed by atoms with Crippen molar-refractivity contribution in [3.05, 3.63) is 130 Å². The van der Waals surface area contributed by atoms with Crippen molar-refractivity contribution in [2.75, 3.05) is 13.2 Å². The molecule has 4 aliphatic heterocycles. The van der Waals surface area contributed by atoms with Gasteiger partial charge in [0.15, 0.2) is 0 Å². The van der Waals surface area contributed by atoms with Crippen molar-refractivity contribution in [3.8, 4) is 0 Å². The van der Waals surface area contributed by atoms with E-state index < -0.39 is 66.3 Å². The number of aliphatic hydroxyl groups is 1. The highest BCUT2D eigenvalue weighted by molar-refractivity contribution is 9.11. The number of carbonyl (C=O) groups excluding carboxylic acids is 4. The number of fused-ring (bicyclic) bond motifs is 2. The van der Waals surface area contributed by atoms with Gasteiger partial charge in [-0.1, -0.05) is 119 Å². The first-order valence-electron chi connectivity index (χ1n) is 17.8. The second-order valence-corrected chi connectivity index (χ2v) is 14.9. The summed E-state index contributed by atoms with van der Waals surface area (Å²) in [5.41, 5.74) is 0.939. The third-order valence-electron chi connectivity index (χ3n) is 10.6. The van der Waals surface area contributed by atoms with Crippen molar-refractivity contribution >= 4 is 39.6 Å². The van der Waals surface area contributed by atoms with Crippen LogP contribution in [0.4, 0.5) is 0 Å². The monoisotopic (exact) mass is 767 g/mol. The topological polar surface area (TPSA) is 125 Å². The lowest BCUT2D eigenvalue weighted by atomic mass is 9.74. The van der Waals surface area contributed by atoms with Gasteiger partial charge < -0.3 is 29.7 Å². The standard InChI is InChI=1S/C41H42BrN3O7/c1-26-35(29-18-10-4-11-19-29)51-40(50)33-34-38(48)45(30(25-46)22-27-14-6-2-7-15-27)37(41(34)23-31(42)36(33)52-41)39(49)44(24-28-16-8-3-9-17-28)21-13-5-12-20-32(47)43-26/h2-11,13-19,23,26,30,33-37,46H,12,20-22,24-25H2,1H3,(H,43,47)/b13-5-/t26-,30+,33+,34-,35+,36+,37+,41-/m0/s1. The average molecular weight is 769 g/mol. The molecule has 52 heavy (non-hydrogen) atoms. The molecule has 270 valence electrons. The largest absolute Gasteiger partial charge is 0.455 e. The fourth-order valence-corrected chi connectivity index (χ4v) is 8.92. The number of hydrogen-bond donors (Lipinski definition) is 2. The number of hydrogen-bond acceptors (Lipinski definition) is 7. The number of likely N-dealkylation sites (tertiary alicyclic amines) is 1.